The fourth-order valence-electron chi connectivity index (χ4n) is 4.05. The summed E-state index contributed by atoms with van der Waals surface area (Å²) in [6.45, 7) is 4.41. The molecule has 1 heterocycles. The number of allylic oxidation sites excluding steroid dienone is 2. The van der Waals surface area contributed by atoms with Crippen LogP contribution in [0.1, 0.15) is 52.4 Å². The van der Waals surface area contributed by atoms with Crippen LogP contribution >= 0.6 is 11.8 Å². The normalized spacial score (nSPS) is 16.6. The minimum atomic E-state index is -3.59. The molecule has 2 aliphatic rings. The molecule has 178 valence electrons. The van der Waals surface area contributed by atoms with Crippen LogP contribution in [0.15, 0.2) is 50.6 Å². The van der Waals surface area contributed by atoms with E-state index in [2.05, 4.69) is 16.3 Å². The number of carbonyl (C=O) groups excluding carboxylic acids is 1. The molecule has 0 N–H and O–H groups in total. The first-order valence-corrected chi connectivity index (χ1v) is 13.9. The molecule has 0 unspecified atom stereocenters. The lowest BCUT2D eigenvalue weighted by Crippen LogP contribution is -2.34. The van der Waals surface area contributed by atoms with Crippen molar-refractivity contribution >= 4 is 27.7 Å². The van der Waals surface area contributed by atoms with Gasteiger partial charge in [0.1, 0.15) is 0 Å². The van der Waals surface area contributed by atoms with Crippen LogP contribution in [-0.2, 0) is 14.8 Å². The third kappa shape index (κ3) is 5.50. The van der Waals surface area contributed by atoms with E-state index in [1.807, 2.05) is 18.7 Å². The highest BCUT2D eigenvalue weighted by molar-refractivity contribution is 7.99. The van der Waals surface area contributed by atoms with Crippen molar-refractivity contribution in [1.82, 2.24) is 19.4 Å². The smallest absolute Gasteiger partial charge is 0.277 e. The summed E-state index contributed by atoms with van der Waals surface area (Å²) in [5.41, 5.74) is 1.69. The fourth-order valence-corrected chi connectivity index (χ4v) is 6.18. The maximum Gasteiger partial charge on any atom is 0.277 e. The van der Waals surface area contributed by atoms with Gasteiger partial charge in [-0.3, -0.25) is 4.79 Å². The van der Waals surface area contributed by atoms with E-state index in [4.69, 9.17) is 4.42 Å². The maximum atomic E-state index is 13.0. The summed E-state index contributed by atoms with van der Waals surface area (Å²) >= 11 is 1.22. The van der Waals surface area contributed by atoms with Crippen molar-refractivity contribution in [3.63, 3.8) is 0 Å². The number of carbonyl (C=O) groups is 1. The van der Waals surface area contributed by atoms with E-state index in [-0.39, 0.29) is 22.4 Å². The van der Waals surface area contributed by atoms with E-state index in [9.17, 15) is 13.2 Å². The Kier molecular flexibility index (Phi) is 7.55. The molecule has 0 aliphatic heterocycles. The van der Waals surface area contributed by atoms with Gasteiger partial charge in [-0.2, -0.15) is 4.31 Å². The van der Waals surface area contributed by atoms with Crippen LogP contribution in [0.2, 0.25) is 0 Å². The van der Waals surface area contributed by atoms with Crippen LogP contribution in [0.3, 0.4) is 0 Å². The molecule has 1 aromatic heterocycles. The van der Waals surface area contributed by atoms with Gasteiger partial charge in [0, 0.05) is 30.4 Å². The third-order valence-electron chi connectivity index (χ3n) is 5.91. The van der Waals surface area contributed by atoms with Gasteiger partial charge in [0.15, 0.2) is 0 Å². The number of thioether (sulfide) groups is 1. The second kappa shape index (κ2) is 10.4. The Labute approximate surface area is 199 Å². The van der Waals surface area contributed by atoms with Gasteiger partial charge >= 0.3 is 0 Å². The lowest BCUT2D eigenvalue weighted by atomic mass is 10.0. The lowest BCUT2D eigenvalue weighted by molar-refractivity contribution is -0.127. The van der Waals surface area contributed by atoms with E-state index in [1.165, 1.54) is 22.5 Å². The molecule has 0 atom stereocenters. The quantitative estimate of drug-likeness (QED) is 0.458. The highest BCUT2D eigenvalue weighted by atomic mass is 32.2. The number of hydrogen-bond donors (Lipinski definition) is 0. The maximum absolute atomic E-state index is 13.0. The summed E-state index contributed by atoms with van der Waals surface area (Å²) in [5, 5.41) is 8.43. The second-order valence-electron chi connectivity index (χ2n) is 8.22. The lowest BCUT2D eigenvalue weighted by Gasteiger charge is -2.27. The SMILES string of the molecule is CCN(CC)S(=O)(=O)c1cccc(-c2nnc(SCC(=O)N(C3=CCCCC3)C3CC3)o2)c1. The first-order chi connectivity index (χ1) is 15.9. The highest BCUT2D eigenvalue weighted by Crippen LogP contribution is 2.35. The van der Waals surface area contributed by atoms with Crippen molar-refractivity contribution in [2.24, 2.45) is 0 Å². The fraction of sp³-hybridized carbons (Fsp3) is 0.522. The molecule has 0 bridgehead atoms. The Bertz CT molecular complexity index is 1120. The Balaban J connectivity index is 1.44. The van der Waals surface area contributed by atoms with Gasteiger partial charge in [-0.25, -0.2) is 8.42 Å². The van der Waals surface area contributed by atoms with Crippen LogP contribution in [0.5, 0.6) is 0 Å². The molecular weight excluding hydrogens is 460 g/mol. The second-order valence-corrected chi connectivity index (χ2v) is 11.1. The van der Waals surface area contributed by atoms with E-state index < -0.39 is 10.0 Å². The van der Waals surface area contributed by atoms with Crippen molar-refractivity contribution in [1.29, 1.82) is 0 Å². The molecular formula is C23H30N4O4S2. The zero-order valence-electron chi connectivity index (χ0n) is 19.1. The van der Waals surface area contributed by atoms with E-state index in [1.54, 1.807) is 24.3 Å². The monoisotopic (exact) mass is 490 g/mol. The molecule has 0 radical (unpaired) electrons. The summed E-state index contributed by atoms with van der Waals surface area (Å²) in [7, 11) is -3.59. The Hall–Kier alpha value is -2.17. The van der Waals surface area contributed by atoms with Gasteiger partial charge in [0.25, 0.3) is 5.22 Å². The Morgan fingerprint density at radius 2 is 1.97 bits per heavy atom. The average molecular weight is 491 g/mol. The summed E-state index contributed by atoms with van der Waals surface area (Å²) in [6.07, 6.45) is 8.64. The molecule has 1 saturated carbocycles. The molecule has 1 fully saturated rings. The minimum Gasteiger partial charge on any atom is -0.411 e. The number of sulfonamides is 1. The molecule has 8 nitrogen and oxygen atoms in total. The summed E-state index contributed by atoms with van der Waals surface area (Å²) in [4.78, 5) is 15.1. The van der Waals surface area contributed by atoms with Gasteiger partial charge < -0.3 is 9.32 Å². The Morgan fingerprint density at radius 3 is 2.64 bits per heavy atom. The van der Waals surface area contributed by atoms with Crippen molar-refractivity contribution in [2.45, 2.75) is 68.5 Å². The summed E-state index contributed by atoms with van der Waals surface area (Å²) in [5.74, 6) is 0.532. The van der Waals surface area contributed by atoms with Gasteiger partial charge in [0.2, 0.25) is 21.8 Å². The van der Waals surface area contributed by atoms with Crippen LogP contribution in [-0.4, -0.2) is 58.6 Å². The predicted octanol–water partition coefficient (Wildman–Crippen LogP) is 4.31. The van der Waals surface area contributed by atoms with E-state index in [0.29, 0.717) is 29.9 Å². The molecule has 4 rings (SSSR count). The number of rotatable bonds is 10. The van der Waals surface area contributed by atoms with Crippen molar-refractivity contribution in [2.75, 3.05) is 18.8 Å². The number of benzene rings is 1. The predicted molar refractivity (Wildman–Crippen MR) is 127 cm³/mol. The standard InChI is InChI=1S/C23H30N4O4S2/c1-3-26(4-2)33(29,30)20-12-8-9-17(15-20)22-24-25-23(31-22)32-16-21(28)27(19-13-14-19)18-10-6-5-7-11-18/h8-10,12,15,19H,3-7,11,13-14,16H2,1-2H3. The third-order valence-corrected chi connectivity index (χ3v) is 8.76. The van der Waals surface area contributed by atoms with Crippen molar-refractivity contribution in [3.8, 4) is 11.5 Å². The van der Waals surface area contributed by atoms with E-state index >= 15 is 0 Å². The number of aromatic nitrogens is 2. The molecule has 0 spiro atoms. The van der Waals surface area contributed by atoms with Crippen molar-refractivity contribution in [3.05, 3.63) is 36.0 Å². The topological polar surface area (TPSA) is 96.6 Å². The van der Waals surface area contributed by atoms with Gasteiger partial charge in [-0.1, -0.05) is 37.8 Å². The molecule has 2 aliphatic carbocycles. The molecule has 0 saturated heterocycles. The minimum absolute atomic E-state index is 0.0720. The van der Waals surface area contributed by atoms with Crippen LogP contribution < -0.4 is 0 Å². The zero-order valence-corrected chi connectivity index (χ0v) is 20.7. The number of hydrogen-bond acceptors (Lipinski definition) is 7. The largest absolute Gasteiger partial charge is 0.411 e. The highest BCUT2D eigenvalue weighted by Gasteiger charge is 2.35. The molecule has 1 aromatic carbocycles. The summed E-state index contributed by atoms with van der Waals surface area (Å²) in [6, 6.07) is 6.84. The average Bonchev–Trinajstić information content (AvgIpc) is 3.54. The number of nitrogens with zero attached hydrogens (tertiary/aromatic N) is 4. The van der Waals surface area contributed by atoms with Gasteiger partial charge in [0.05, 0.1) is 10.6 Å². The molecule has 10 heteroatoms. The Morgan fingerprint density at radius 1 is 1.18 bits per heavy atom. The van der Waals surface area contributed by atoms with Gasteiger partial charge in [-0.05, 0) is 56.7 Å². The van der Waals surface area contributed by atoms with E-state index in [0.717, 1.165) is 37.8 Å². The molecule has 33 heavy (non-hydrogen) atoms. The van der Waals surface area contributed by atoms with Crippen molar-refractivity contribution < 1.29 is 17.6 Å². The van der Waals surface area contributed by atoms with Crippen LogP contribution in [0, 0.1) is 0 Å². The first-order valence-electron chi connectivity index (χ1n) is 11.5. The van der Waals surface area contributed by atoms with Crippen LogP contribution in [0.4, 0.5) is 0 Å². The summed E-state index contributed by atoms with van der Waals surface area (Å²) < 4.78 is 32.8. The first kappa shape index (κ1) is 24.0. The number of amides is 1. The van der Waals surface area contributed by atoms with Crippen LogP contribution in [0.25, 0.3) is 11.5 Å². The molecule has 1 amide bonds. The zero-order chi connectivity index (χ0) is 23.4. The van der Waals surface area contributed by atoms with Gasteiger partial charge in [-0.15, -0.1) is 10.2 Å². The molecule has 2 aromatic rings.